The molecule has 1 aliphatic heterocycles. The summed E-state index contributed by atoms with van der Waals surface area (Å²) in [6, 6.07) is 13.7. The SMILES string of the molecule is COc1ccc(-c2ccc3c(c2)NC(=O)/C3=C/c2[nH]c(C)c(CCC(=O)O)c2C)cc1. The molecule has 0 bridgehead atoms. The van der Waals surface area contributed by atoms with Gasteiger partial charge in [0.1, 0.15) is 5.75 Å². The van der Waals surface area contributed by atoms with E-state index in [0.29, 0.717) is 12.0 Å². The molecule has 158 valence electrons. The van der Waals surface area contributed by atoms with Gasteiger partial charge in [-0.1, -0.05) is 24.3 Å². The second-order valence-corrected chi connectivity index (χ2v) is 7.66. The Kier molecular flexibility index (Phi) is 5.38. The van der Waals surface area contributed by atoms with Crippen LogP contribution in [0.25, 0.3) is 22.8 Å². The molecule has 6 heteroatoms. The Bertz CT molecular complexity index is 1200. The third-order valence-electron chi connectivity index (χ3n) is 5.73. The summed E-state index contributed by atoms with van der Waals surface area (Å²) in [5.41, 5.74) is 7.97. The van der Waals surface area contributed by atoms with Crippen LogP contribution < -0.4 is 10.1 Å². The molecule has 31 heavy (non-hydrogen) atoms. The number of aryl methyl sites for hydroxylation is 1. The number of hydrogen-bond donors (Lipinski definition) is 3. The van der Waals surface area contributed by atoms with Crippen LogP contribution >= 0.6 is 0 Å². The van der Waals surface area contributed by atoms with Crippen molar-refractivity contribution in [2.75, 3.05) is 12.4 Å². The highest BCUT2D eigenvalue weighted by atomic mass is 16.5. The number of nitrogens with one attached hydrogen (secondary N) is 2. The zero-order chi connectivity index (χ0) is 22.1. The molecule has 2 heterocycles. The third-order valence-corrected chi connectivity index (χ3v) is 5.73. The molecule has 0 unspecified atom stereocenters. The van der Waals surface area contributed by atoms with Gasteiger partial charge < -0.3 is 20.1 Å². The number of carbonyl (C=O) groups excluding carboxylic acids is 1. The van der Waals surface area contributed by atoms with E-state index in [-0.39, 0.29) is 12.3 Å². The standard InChI is InChI=1S/C25H24N2O4/c1-14-19(10-11-24(28)29)15(2)26-22(14)13-21-20-9-6-17(12-23(20)27-25(21)30)16-4-7-18(31-3)8-5-16/h4-9,12-13,26H,10-11H2,1-3H3,(H,27,30)(H,28,29)/b21-13+. The van der Waals surface area contributed by atoms with Gasteiger partial charge in [-0.15, -0.1) is 0 Å². The number of H-pyrrole nitrogens is 1. The molecule has 0 fully saturated rings. The number of benzene rings is 2. The molecule has 2 aromatic carbocycles. The van der Waals surface area contributed by atoms with Gasteiger partial charge in [-0.3, -0.25) is 9.59 Å². The van der Waals surface area contributed by atoms with Gasteiger partial charge >= 0.3 is 5.97 Å². The topological polar surface area (TPSA) is 91.4 Å². The number of methoxy groups -OCH3 is 1. The van der Waals surface area contributed by atoms with Gasteiger partial charge in [-0.25, -0.2) is 0 Å². The van der Waals surface area contributed by atoms with Crippen molar-refractivity contribution in [3.63, 3.8) is 0 Å². The first kappa shape index (κ1) is 20.5. The lowest BCUT2D eigenvalue weighted by atomic mass is 9.99. The lowest BCUT2D eigenvalue weighted by Gasteiger charge is -2.06. The fraction of sp³-hybridized carbons (Fsp3) is 0.200. The van der Waals surface area contributed by atoms with E-state index in [9.17, 15) is 9.59 Å². The fourth-order valence-electron chi connectivity index (χ4n) is 4.01. The van der Waals surface area contributed by atoms with E-state index in [1.165, 1.54) is 0 Å². The predicted molar refractivity (Wildman–Crippen MR) is 121 cm³/mol. The van der Waals surface area contributed by atoms with E-state index < -0.39 is 5.97 Å². The minimum absolute atomic E-state index is 0.0764. The average molecular weight is 416 g/mol. The van der Waals surface area contributed by atoms with Crippen molar-refractivity contribution in [2.24, 2.45) is 0 Å². The zero-order valence-electron chi connectivity index (χ0n) is 17.7. The quantitative estimate of drug-likeness (QED) is 0.503. The lowest BCUT2D eigenvalue weighted by Crippen LogP contribution is -2.03. The maximum atomic E-state index is 12.7. The number of anilines is 1. The second-order valence-electron chi connectivity index (χ2n) is 7.66. The molecule has 1 aliphatic rings. The summed E-state index contributed by atoms with van der Waals surface area (Å²) in [4.78, 5) is 26.9. The van der Waals surface area contributed by atoms with Gasteiger partial charge in [-0.05, 0) is 66.8 Å². The van der Waals surface area contributed by atoms with Gasteiger partial charge in [-0.2, -0.15) is 0 Å². The van der Waals surface area contributed by atoms with E-state index in [4.69, 9.17) is 9.84 Å². The third kappa shape index (κ3) is 3.97. The van der Waals surface area contributed by atoms with Crippen LogP contribution in [0.15, 0.2) is 42.5 Å². The average Bonchev–Trinajstić information content (AvgIpc) is 3.21. The number of fused-ring (bicyclic) bond motifs is 1. The van der Waals surface area contributed by atoms with Crippen molar-refractivity contribution in [1.29, 1.82) is 0 Å². The Hall–Kier alpha value is -3.80. The number of carbonyl (C=O) groups is 2. The van der Waals surface area contributed by atoms with Crippen LogP contribution in [0.2, 0.25) is 0 Å². The molecule has 0 aliphatic carbocycles. The predicted octanol–water partition coefficient (Wildman–Crippen LogP) is 4.82. The van der Waals surface area contributed by atoms with Crippen molar-refractivity contribution in [2.45, 2.75) is 26.7 Å². The van der Waals surface area contributed by atoms with Crippen LogP contribution in [0, 0.1) is 13.8 Å². The molecule has 0 spiro atoms. The Labute approximate surface area is 180 Å². The summed E-state index contributed by atoms with van der Waals surface area (Å²) in [5.74, 6) is -0.181. The molecular formula is C25H24N2O4. The number of carboxylic acid groups (broad SMARTS) is 1. The highest BCUT2D eigenvalue weighted by Crippen LogP contribution is 2.37. The number of rotatable bonds is 6. The summed E-state index contributed by atoms with van der Waals surface area (Å²) in [7, 11) is 1.64. The molecule has 1 aromatic heterocycles. The Morgan fingerprint density at radius 2 is 1.81 bits per heavy atom. The fourth-order valence-corrected chi connectivity index (χ4v) is 4.01. The number of aliphatic carboxylic acids is 1. The van der Waals surface area contributed by atoms with Gasteiger partial charge in [0.05, 0.1) is 12.7 Å². The van der Waals surface area contributed by atoms with Crippen LogP contribution in [0.4, 0.5) is 5.69 Å². The molecular weight excluding hydrogens is 392 g/mol. The van der Waals surface area contributed by atoms with E-state index in [1.807, 2.05) is 62.4 Å². The Morgan fingerprint density at radius 3 is 2.48 bits per heavy atom. The molecule has 1 amide bonds. The van der Waals surface area contributed by atoms with E-state index >= 15 is 0 Å². The zero-order valence-corrected chi connectivity index (χ0v) is 17.7. The lowest BCUT2D eigenvalue weighted by molar-refractivity contribution is -0.137. The van der Waals surface area contributed by atoms with Crippen molar-refractivity contribution in [1.82, 2.24) is 4.98 Å². The van der Waals surface area contributed by atoms with E-state index in [0.717, 1.165) is 50.6 Å². The van der Waals surface area contributed by atoms with Crippen LogP contribution in [0.1, 0.15) is 34.5 Å². The molecule has 0 atom stereocenters. The maximum absolute atomic E-state index is 12.7. The highest BCUT2D eigenvalue weighted by Gasteiger charge is 2.25. The van der Waals surface area contributed by atoms with Crippen LogP contribution in [-0.2, 0) is 16.0 Å². The number of aromatic nitrogens is 1. The number of hydrogen-bond acceptors (Lipinski definition) is 3. The van der Waals surface area contributed by atoms with E-state index in [1.54, 1.807) is 7.11 Å². The van der Waals surface area contributed by atoms with Gasteiger partial charge in [0.15, 0.2) is 0 Å². The van der Waals surface area contributed by atoms with Gasteiger partial charge in [0.2, 0.25) is 0 Å². The highest BCUT2D eigenvalue weighted by molar-refractivity contribution is 6.35. The summed E-state index contributed by atoms with van der Waals surface area (Å²) in [6.07, 6.45) is 2.38. The van der Waals surface area contributed by atoms with Gasteiger partial charge in [0.25, 0.3) is 5.91 Å². The first-order valence-corrected chi connectivity index (χ1v) is 10.1. The molecule has 0 radical (unpaired) electrons. The molecule has 3 aromatic rings. The molecule has 6 nitrogen and oxygen atoms in total. The first-order valence-electron chi connectivity index (χ1n) is 10.1. The molecule has 0 saturated heterocycles. The minimum Gasteiger partial charge on any atom is -0.497 e. The number of ether oxygens (including phenoxy) is 1. The largest absolute Gasteiger partial charge is 0.497 e. The van der Waals surface area contributed by atoms with Crippen molar-refractivity contribution < 1.29 is 19.4 Å². The van der Waals surface area contributed by atoms with Crippen LogP contribution in [-0.4, -0.2) is 29.1 Å². The normalized spacial score (nSPS) is 13.9. The van der Waals surface area contributed by atoms with Crippen LogP contribution in [0.3, 0.4) is 0 Å². The summed E-state index contributed by atoms with van der Waals surface area (Å²) >= 11 is 0. The molecule has 3 N–H and O–H groups in total. The first-order chi connectivity index (χ1) is 14.9. The monoisotopic (exact) mass is 416 g/mol. The van der Waals surface area contributed by atoms with Gasteiger partial charge in [0, 0.05) is 29.1 Å². The Balaban J connectivity index is 1.66. The maximum Gasteiger partial charge on any atom is 0.303 e. The molecule has 0 saturated carbocycles. The number of carboxylic acids is 1. The molecule has 4 rings (SSSR count). The summed E-state index contributed by atoms with van der Waals surface area (Å²) < 4.78 is 5.21. The number of amides is 1. The van der Waals surface area contributed by atoms with Crippen LogP contribution in [0.5, 0.6) is 5.75 Å². The van der Waals surface area contributed by atoms with Crippen molar-refractivity contribution >= 4 is 29.2 Å². The Morgan fingerprint density at radius 1 is 1.10 bits per heavy atom. The number of aromatic amines is 1. The van der Waals surface area contributed by atoms with Crippen molar-refractivity contribution in [3.05, 3.63) is 70.5 Å². The minimum atomic E-state index is -0.823. The smallest absolute Gasteiger partial charge is 0.303 e. The van der Waals surface area contributed by atoms with Crippen molar-refractivity contribution in [3.8, 4) is 16.9 Å². The summed E-state index contributed by atoms with van der Waals surface area (Å²) in [6.45, 7) is 3.88. The second kappa shape index (κ2) is 8.14. The summed E-state index contributed by atoms with van der Waals surface area (Å²) in [5, 5.41) is 11.9. The van der Waals surface area contributed by atoms with E-state index in [2.05, 4.69) is 10.3 Å².